The van der Waals surface area contributed by atoms with Gasteiger partial charge in [0.2, 0.25) is 5.91 Å². The quantitative estimate of drug-likeness (QED) is 0.396. The van der Waals surface area contributed by atoms with Crippen molar-refractivity contribution in [3.05, 3.63) is 0 Å². The maximum absolute atomic E-state index is 12.0. The van der Waals surface area contributed by atoms with E-state index >= 15 is 0 Å². The molecule has 0 aliphatic carbocycles. The summed E-state index contributed by atoms with van der Waals surface area (Å²) in [7, 11) is 0. The molecule has 0 saturated carbocycles. The maximum Gasteiger partial charge on any atom is 0.222 e. The predicted molar refractivity (Wildman–Crippen MR) is 90.3 cm³/mol. The molecule has 0 aromatic heterocycles. The molecule has 20 heavy (non-hydrogen) atoms. The van der Waals surface area contributed by atoms with E-state index in [0.29, 0.717) is 5.91 Å². The highest BCUT2D eigenvalue weighted by Crippen LogP contribution is 2.21. The van der Waals surface area contributed by atoms with Crippen molar-refractivity contribution >= 4 is 21.8 Å². The van der Waals surface area contributed by atoms with E-state index in [2.05, 4.69) is 27.8 Å². The zero-order valence-corrected chi connectivity index (χ0v) is 14.8. The van der Waals surface area contributed by atoms with Gasteiger partial charge in [0.15, 0.2) is 0 Å². The third kappa shape index (κ3) is 7.66. The van der Waals surface area contributed by atoms with Gasteiger partial charge < -0.3 is 4.90 Å². The Morgan fingerprint density at radius 3 is 2.35 bits per heavy atom. The number of likely N-dealkylation sites (tertiary alicyclic amines) is 1. The molecule has 1 fully saturated rings. The van der Waals surface area contributed by atoms with Gasteiger partial charge in [-0.2, -0.15) is 0 Å². The van der Waals surface area contributed by atoms with Gasteiger partial charge in [0.1, 0.15) is 0 Å². The van der Waals surface area contributed by atoms with Gasteiger partial charge in [0, 0.05) is 24.8 Å². The average molecular weight is 346 g/mol. The van der Waals surface area contributed by atoms with Gasteiger partial charge in [-0.1, -0.05) is 61.4 Å². The molecule has 0 radical (unpaired) electrons. The maximum atomic E-state index is 12.0. The normalized spacial score (nSPS) is 20.2. The molecular weight excluding hydrogens is 314 g/mol. The second kappa shape index (κ2) is 11.6. The number of amides is 1. The highest BCUT2D eigenvalue weighted by Gasteiger charge is 2.20. The first-order valence-electron chi connectivity index (χ1n) is 8.61. The number of halogens is 1. The highest BCUT2D eigenvalue weighted by molar-refractivity contribution is 9.09. The molecular formula is C17H32BrNO. The van der Waals surface area contributed by atoms with Gasteiger partial charge in [-0.25, -0.2) is 0 Å². The minimum Gasteiger partial charge on any atom is -0.343 e. The summed E-state index contributed by atoms with van der Waals surface area (Å²) in [6.07, 6.45) is 13.5. The zero-order chi connectivity index (χ0) is 14.6. The summed E-state index contributed by atoms with van der Waals surface area (Å²) in [6.45, 7) is 4.25. The molecule has 3 heteroatoms. The Morgan fingerprint density at radius 1 is 1.05 bits per heavy atom. The lowest BCUT2D eigenvalue weighted by molar-refractivity contribution is -0.130. The van der Waals surface area contributed by atoms with Crippen molar-refractivity contribution in [1.29, 1.82) is 0 Å². The molecule has 1 atom stereocenters. The standard InChI is InChI=1S/C17H32BrNO/c1-2-16-10-11-17(20)19(15-12-16)14-9-7-5-3-4-6-8-13-18/h16H,2-15H2,1H3. The van der Waals surface area contributed by atoms with Crippen molar-refractivity contribution in [1.82, 2.24) is 4.90 Å². The molecule has 118 valence electrons. The van der Waals surface area contributed by atoms with Crippen LogP contribution in [0.2, 0.25) is 0 Å². The summed E-state index contributed by atoms with van der Waals surface area (Å²) in [5.41, 5.74) is 0. The second-order valence-corrected chi connectivity index (χ2v) is 6.94. The first-order chi connectivity index (χ1) is 9.77. The fourth-order valence-electron chi connectivity index (χ4n) is 3.02. The van der Waals surface area contributed by atoms with E-state index in [1.165, 1.54) is 57.8 Å². The Labute approximate surface area is 133 Å². The third-order valence-corrected chi connectivity index (χ3v) is 5.13. The van der Waals surface area contributed by atoms with Crippen LogP contribution in [0, 0.1) is 5.92 Å². The van der Waals surface area contributed by atoms with Crippen molar-refractivity contribution in [2.24, 2.45) is 5.92 Å². The van der Waals surface area contributed by atoms with E-state index in [9.17, 15) is 4.79 Å². The molecule has 0 aromatic rings. The molecule has 2 nitrogen and oxygen atoms in total. The van der Waals surface area contributed by atoms with Crippen molar-refractivity contribution in [2.75, 3.05) is 18.4 Å². The first-order valence-corrected chi connectivity index (χ1v) is 9.73. The van der Waals surface area contributed by atoms with Crippen LogP contribution in [-0.4, -0.2) is 29.2 Å². The number of carbonyl (C=O) groups is 1. The molecule has 0 spiro atoms. The average Bonchev–Trinajstić information content (AvgIpc) is 2.64. The van der Waals surface area contributed by atoms with E-state index in [4.69, 9.17) is 0 Å². The molecule has 0 bridgehead atoms. The van der Waals surface area contributed by atoms with Crippen molar-refractivity contribution in [3.8, 4) is 0 Å². The van der Waals surface area contributed by atoms with E-state index in [1.54, 1.807) is 0 Å². The van der Waals surface area contributed by atoms with Crippen LogP contribution in [0.4, 0.5) is 0 Å². The molecule has 0 aromatic carbocycles. The number of carbonyl (C=O) groups excluding carboxylic acids is 1. The first kappa shape index (κ1) is 18.0. The lowest BCUT2D eigenvalue weighted by Crippen LogP contribution is -2.31. The van der Waals surface area contributed by atoms with Gasteiger partial charge in [-0.05, 0) is 31.6 Å². The Hall–Kier alpha value is -0.0500. The summed E-state index contributed by atoms with van der Waals surface area (Å²) in [5, 5.41) is 1.14. The number of rotatable bonds is 10. The number of alkyl halides is 1. The fourth-order valence-corrected chi connectivity index (χ4v) is 3.42. The number of hydrogen-bond donors (Lipinski definition) is 0. The molecule has 0 N–H and O–H groups in total. The SMILES string of the molecule is CCC1CCC(=O)N(CCCCCCCCCBr)CC1. The molecule has 1 aliphatic heterocycles. The molecule has 1 heterocycles. The Morgan fingerprint density at radius 2 is 1.70 bits per heavy atom. The second-order valence-electron chi connectivity index (χ2n) is 6.15. The molecule has 1 rings (SSSR count). The fraction of sp³-hybridized carbons (Fsp3) is 0.941. The summed E-state index contributed by atoms with van der Waals surface area (Å²) in [5.74, 6) is 1.18. The number of hydrogen-bond acceptors (Lipinski definition) is 1. The van der Waals surface area contributed by atoms with Crippen molar-refractivity contribution in [3.63, 3.8) is 0 Å². The van der Waals surface area contributed by atoms with Crippen LogP contribution in [0.15, 0.2) is 0 Å². The van der Waals surface area contributed by atoms with E-state index in [-0.39, 0.29) is 0 Å². The predicted octanol–water partition coefficient (Wildman–Crippen LogP) is 5.15. The minimum absolute atomic E-state index is 0.401. The van der Waals surface area contributed by atoms with Crippen LogP contribution in [0.1, 0.15) is 77.6 Å². The summed E-state index contributed by atoms with van der Waals surface area (Å²) in [6, 6.07) is 0. The highest BCUT2D eigenvalue weighted by atomic mass is 79.9. The smallest absolute Gasteiger partial charge is 0.222 e. The van der Waals surface area contributed by atoms with Crippen molar-refractivity contribution in [2.45, 2.75) is 77.6 Å². The van der Waals surface area contributed by atoms with Crippen LogP contribution >= 0.6 is 15.9 Å². The summed E-state index contributed by atoms with van der Waals surface area (Å²) >= 11 is 3.47. The van der Waals surface area contributed by atoms with Crippen LogP contribution < -0.4 is 0 Å². The zero-order valence-electron chi connectivity index (χ0n) is 13.2. The topological polar surface area (TPSA) is 20.3 Å². The monoisotopic (exact) mass is 345 g/mol. The van der Waals surface area contributed by atoms with E-state index in [0.717, 1.165) is 37.2 Å². The lowest BCUT2D eigenvalue weighted by Gasteiger charge is -2.20. The molecule has 1 saturated heterocycles. The van der Waals surface area contributed by atoms with E-state index < -0.39 is 0 Å². The van der Waals surface area contributed by atoms with Gasteiger partial charge in [0.05, 0.1) is 0 Å². The summed E-state index contributed by atoms with van der Waals surface area (Å²) < 4.78 is 0. The van der Waals surface area contributed by atoms with Crippen LogP contribution in [-0.2, 0) is 4.79 Å². The minimum atomic E-state index is 0.401. The van der Waals surface area contributed by atoms with E-state index in [1.807, 2.05) is 0 Å². The Balaban J connectivity index is 2.04. The Kier molecular flexibility index (Phi) is 10.4. The largest absolute Gasteiger partial charge is 0.343 e. The van der Waals surface area contributed by atoms with Gasteiger partial charge in [-0.3, -0.25) is 4.79 Å². The lowest BCUT2D eigenvalue weighted by atomic mass is 9.98. The van der Waals surface area contributed by atoms with Crippen LogP contribution in [0.5, 0.6) is 0 Å². The van der Waals surface area contributed by atoms with Gasteiger partial charge in [-0.15, -0.1) is 0 Å². The number of nitrogens with zero attached hydrogens (tertiary/aromatic N) is 1. The van der Waals surface area contributed by atoms with Crippen molar-refractivity contribution < 1.29 is 4.79 Å². The molecule has 1 aliphatic rings. The molecule has 1 amide bonds. The number of unbranched alkanes of at least 4 members (excludes halogenated alkanes) is 6. The van der Waals surface area contributed by atoms with Gasteiger partial charge in [0.25, 0.3) is 0 Å². The van der Waals surface area contributed by atoms with Crippen LogP contribution in [0.25, 0.3) is 0 Å². The molecule has 1 unspecified atom stereocenters. The third-order valence-electron chi connectivity index (χ3n) is 4.57. The Bertz CT molecular complexity index is 257. The van der Waals surface area contributed by atoms with Gasteiger partial charge >= 0.3 is 0 Å². The summed E-state index contributed by atoms with van der Waals surface area (Å²) in [4.78, 5) is 14.2. The van der Waals surface area contributed by atoms with Crippen LogP contribution in [0.3, 0.4) is 0 Å².